The Hall–Kier alpha value is -5.37. The normalized spacial score (nSPS) is 11.1. The molecular weight excluding hydrogens is 500 g/mol. The Bertz CT molecular complexity index is 1590. The van der Waals surface area contributed by atoms with Crippen LogP contribution in [0.1, 0.15) is 24.5 Å². The Balaban J connectivity index is 1.61. The van der Waals surface area contributed by atoms with Crippen molar-refractivity contribution in [3.63, 3.8) is 0 Å². The van der Waals surface area contributed by atoms with E-state index in [1.54, 1.807) is 16.3 Å². The van der Waals surface area contributed by atoms with E-state index >= 15 is 0 Å². The number of carbonyl (C=O) groups is 1. The molecule has 0 fully saturated rings. The molecule has 196 valence electrons. The molecule has 0 aliphatic heterocycles. The molecule has 0 N–H and O–H groups in total. The first-order valence-corrected chi connectivity index (χ1v) is 13.0. The van der Waals surface area contributed by atoms with Gasteiger partial charge >= 0.3 is 5.97 Å². The van der Waals surface area contributed by atoms with Crippen molar-refractivity contribution in [1.82, 2.24) is 29.5 Å². The number of esters is 1. The predicted octanol–water partition coefficient (Wildman–Crippen LogP) is 5.88. The van der Waals surface area contributed by atoms with Crippen molar-refractivity contribution in [3.05, 3.63) is 133 Å². The number of benzene rings is 4. The van der Waals surface area contributed by atoms with Crippen LogP contribution in [0.3, 0.4) is 0 Å². The van der Waals surface area contributed by atoms with Gasteiger partial charge < -0.3 is 4.74 Å². The monoisotopic (exact) mass is 526 g/mol. The highest BCUT2D eigenvalue weighted by atomic mass is 16.5. The molecule has 4 aromatic carbocycles. The van der Waals surface area contributed by atoms with Crippen molar-refractivity contribution in [2.75, 3.05) is 6.61 Å². The summed E-state index contributed by atoms with van der Waals surface area (Å²) in [5.74, 6) is 0.234. The highest BCUT2D eigenvalue weighted by Gasteiger charge is 2.36. The molecule has 0 saturated heterocycles. The van der Waals surface area contributed by atoms with Crippen LogP contribution in [0, 0.1) is 0 Å². The molecule has 2 heterocycles. The average molecular weight is 527 g/mol. The van der Waals surface area contributed by atoms with Gasteiger partial charge in [-0.1, -0.05) is 97.1 Å². The summed E-state index contributed by atoms with van der Waals surface area (Å²) in [5, 5.41) is 9.69. The van der Waals surface area contributed by atoms with Gasteiger partial charge in [-0.2, -0.15) is 0 Å². The third kappa shape index (κ3) is 4.90. The minimum atomic E-state index is -1.02. The Morgan fingerprint density at radius 1 is 0.625 bits per heavy atom. The first kappa shape index (κ1) is 24.9. The molecule has 8 nitrogen and oxygen atoms in total. The molecular formula is C32H26N6O2. The van der Waals surface area contributed by atoms with E-state index in [-0.39, 0.29) is 6.61 Å². The zero-order chi connectivity index (χ0) is 27.3. The van der Waals surface area contributed by atoms with Gasteiger partial charge in [-0.05, 0) is 31.2 Å². The molecule has 0 atom stereocenters. The lowest BCUT2D eigenvalue weighted by Gasteiger charge is -2.16. The van der Waals surface area contributed by atoms with Crippen molar-refractivity contribution in [2.45, 2.75) is 12.8 Å². The van der Waals surface area contributed by atoms with Gasteiger partial charge in [0.2, 0.25) is 0 Å². The van der Waals surface area contributed by atoms with Crippen molar-refractivity contribution >= 4 is 5.97 Å². The summed E-state index contributed by atoms with van der Waals surface area (Å²) in [4.78, 5) is 23.7. The maximum atomic E-state index is 13.8. The second kappa shape index (κ2) is 11.2. The molecule has 6 aromatic rings. The van der Waals surface area contributed by atoms with Crippen LogP contribution in [0.15, 0.2) is 121 Å². The van der Waals surface area contributed by atoms with E-state index in [1.807, 2.05) is 121 Å². The van der Waals surface area contributed by atoms with Gasteiger partial charge in [-0.15, -0.1) is 10.2 Å². The van der Waals surface area contributed by atoms with Gasteiger partial charge in [0.15, 0.2) is 29.2 Å². The Morgan fingerprint density at radius 2 is 1.00 bits per heavy atom. The predicted molar refractivity (Wildman–Crippen MR) is 152 cm³/mol. The fraction of sp³-hybridized carbons (Fsp3) is 0.0938. The third-order valence-corrected chi connectivity index (χ3v) is 6.37. The van der Waals surface area contributed by atoms with Crippen molar-refractivity contribution in [2.24, 2.45) is 0 Å². The molecule has 2 aromatic heterocycles. The standard InChI is InChI=1S/C32H26N6O2/c1-2-40-32(39)27(30-33-28(23-15-7-3-8-16-23)35-37(30)25-19-11-5-12-20-25)31-34-29(24-17-9-4-10-18-24)36-38(31)26-21-13-6-14-22-26/h3-22,27H,2H2,1H3. The quantitative estimate of drug-likeness (QED) is 0.230. The second-order valence-electron chi connectivity index (χ2n) is 9.00. The minimum Gasteiger partial charge on any atom is -0.465 e. The van der Waals surface area contributed by atoms with E-state index in [0.29, 0.717) is 23.3 Å². The van der Waals surface area contributed by atoms with E-state index in [2.05, 4.69) is 0 Å². The zero-order valence-electron chi connectivity index (χ0n) is 21.8. The number of rotatable bonds is 8. The van der Waals surface area contributed by atoms with Crippen molar-refractivity contribution < 1.29 is 9.53 Å². The number of aromatic nitrogens is 6. The Labute approximate surface area is 231 Å². The van der Waals surface area contributed by atoms with Crippen LogP contribution in [0.2, 0.25) is 0 Å². The largest absolute Gasteiger partial charge is 0.465 e. The molecule has 0 bridgehead atoms. The lowest BCUT2D eigenvalue weighted by Crippen LogP contribution is -2.24. The molecule has 0 aliphatic rings. The number of hydrogen-bond acceptors (Lipinski definition) is 6. The van der Waals surface area contributed by atoms with Crippen LogP contribution >= 0.6 is 0 Å². The number of ether oxygens (including phenoxy) is 1. The number of nitrogens with zero attached hydrogens (tertiary/aromatic N) is 6. The first-order valence-electron chi connectivity index (χ1n) is 13.0. The zero-order valence-corrected chi connectivity index (χ0v) is 21.8. The van der Waals surface area contributed by atoms with Crippen molar-refractivity contribution in [1.29, 1.82) is 0 Å². The topological polar surface area (TPSA) is 87.7 Å². The van der Waals surface area contributed by atoms with E-state index in [0.717, 1.165) is 22.5 Å². The van der Waals surface area contributed by atoms with Crippen LogP contribution < -0.4 is 0 Å². The fourth-order valence-corrected chi connectivity index (χ4v) is 4.51. The Kier molecular flexibility index (Phi) is 6.96. The van der Waals surface area contributed by atoms with E-state index in [9.17, 15) is 4.79 Å². The lowest BCUT2D eigenvalue weighted by molar-refractivity contribution is -0.144. The second-order valence-corrected chi connectivity index (χ2v) is 9.00. The third-order valence-electron chi connectivity index (χ3n) is 6.37. The molecule has 6 rings (SSSR count). The van der Waals surface area contributed by atoms with Gasteiger partial charge in [-0.25, -0.2) is 19.3 Å². The van der Waals surface area contributed by atoms with Gasteiger partial charge in [0.1, 0.15) is 0 Å². The summed E-state index contributed by atoms with van der Waals surface area (Å²) in [5.41, 5.74) is 3.18. The van der Waals surface area contributed by atoms with Crippen LogP contribution in [0.25, 0.3) is 34.2 Å². The van der Waals surface area contributed by atoms with E-state index in [4.69, 9.17) is 24.9 Å². The minimum absolute atomic E-state index is 0.200. The fourth-order valence-electron chi connectivity index (χ4n) is 4.51. The van der Waals surface area contributed by atoms with Crippen molar-refractivity contribution in [3.8, 4) is 34.2 Å². The molecule has 0 radical (unpaired) electrons. The number of carbonyl (C=O) groups excluding carboxylic acids is 1. The smallest absolute Gasteiger partial charge is 0.324 e. The van der Waals surface area contributed by atoms with Gasteiger partial charge in [0.25, 0.3) is 0 Å². The maximum Gasteiger partial charge on any atom is 0.324 e. The molecule has 0 aliphatic carbocycles. The van der Waals surface area contributed by atoms with Crippen LogP contribution in [0.4, 0.5) is 0 Å². The summed E-state index contributed by atoms with van der Waals surface area (Å²) < 4.78 is 9.00. The molecule has 0 amide bonds. The van der Waals surface area contributed by atoms with Gasteiger partial charge in [0, 0.05) is 11.1 Å². The molecule has 0 unspecified atom stereocenters. The molecule has 0 spiro atoms. The van der Waals surface area contributed by atoms with Gasteiger partial charge in [0.05, 0.1) is 18.0 Å². The molecule has 8 heteroatoms. The van der Waals surface area contributed by atoms with Crippen LogP contribution in [-0.4, -0.2) is 42.1 Å². The first-order chi connectivity index (χ1) is 19.7. The number of para-hydroxylation sites is 2. The SMILES string of the molecule is CCOC(=O)C(c1nc(-c2ccccc2)nn1-c1ccccc1)c1nc(-c2ccccc2)nn1-c1ccccc1. The number of hydrogen-bond donors (Lipinski definition) is 0. The van der Waals surface area contributed by atoms with Crippen LogP contribution in [-0.2, 0) is 9.53 Å². The lowest BCUT2D eigenvalue weighted by atomic mass is 10.1. The highest BCUT2D eigenvalue weighted by molar-refractivity contribution is 5.81. The van der Waals surface area contributed by atoms with Crippen LogP contribution in [0.5, 0.6) is 0 Å². The Morgan fingerprint density at radius 3 is 1.38 bits per heavy atom. The van der Waals surface area contributed by atoms with Gasteiger partial charge in [-0.3, -0.25) is 4.79 Å². The summed E-state index contributed by atoms with van der Waals surface area (Å²) in [7, 11) is 0. The van der Waals surface area contributed by atoms with E-state index in [1.165, 1.54) is 0 Å². The summed E-state index contributed by atoms with van der Waals surface area (Å²) >= 11 is 0. The highest BCUT2D eigenvalue weighted by Crippen LogP contribution is 2.31. The molecule has 40 heavy (non-hydrogen) atoms. The average Bonchev–Trinajstić information content (AvgIpc) is 3.65. The summed E-state index contributed by atoms with van der Waals surface area (Å²) in [6.07, 6.45) is 0. The summed E-state index contributed by atoms with van der Waals surface area (Å²) in [6.45, 7) is 1.98. The van der Waals surface area contributed by atoms with E-state index < -0.39 is 11.9 Å². The summed E-state index contributed by atoms with van der Waals surface area (Å²) in [6, 6.07) is 38.6. The molecule has 0 saturated carbocycles. The maximum absolute atomic E-state index is 13.8.